The fraction of sp³-hybridized carbons (Fsp3) is 0. The predicted molar refractivity (Wildman–Crippen MR) is 205 cm³/mol. The zero-order chi connectivity index (χ0) is 35.3. The minimum atomic E-state index is 0.371. The molecule has 0 spiro atoms. The summed E-state index contributed by atoms with van der Waals surface area (Å²) in [6.07, 6.45) is 1.66. The van der Waals surface area contributed by atoms with Gasteiger partial charge in [0.25, 0.3) is 0 Å². The van der Waals surface area contributed by atoms with E-state index in [9.17, 15) is 0 Å². The first kappa shape index (κ1) is 35.6. The molecule has 8 aromatic rings. The van der Waals surface area contributed by atoms with Gasteiger partial charge in [-0.2, -0.15) is 10.3 Å². The molecule has 0 fully saturated rings. The summed E-state index contributed by atoms with van der Waals surface area (Å²) in [5.74, 6) is 0.371. The molecule has 4 aromatic heterocycles. The van der Waals surface area contributed by atoms with Gasteiger partial charge >= 0.3 is 0 Å². The molecule has 50 heavy (non-hydrogen) atoms. The largest absolute Gasteiger partial charge is 0.368 e. The van der Waals surface area contributed by atoms with Gasteiger partial charge in [-0.3, -0.25) is 29.0 Å². The maximum absolute atomic E-state index is 5.63. The normalized spacial score (nSPS) is 10.1. The van der Waals surface area contributed by atoms with E-state index in [-0.39, 0.29) is 0 Å². The zero-order valence-electron chi connectivity index (χ0n) is 25.8. The highest BCUT2D eigenvalue weighted by molar-refractivity contribution is 7.72. The van der Waals surface area contributed by atoms with Crippen LogP contribution in [0.5, 0.6) is 0 Å². The van der Waals surface area contributed by atoms with E-state index in [2.05, 4.69) is 46.1 Å². The molecule has 0 atom stereocenters. The van der Waals surface area contributed by atoms with Gasteiger partial charge in [0.15, 0.2) is 14.3 Å². The van der Waals surface area contributed by atoms with Crippen LogP contribution in [0.3, 0.4) is 0 Å². The van der Waals surface area contributed by atoms with E-state index in [0.717, 1.165) is 22.7 Å². The molecule has 8 rings (SSSR count). The summed E-state index contributed by atoms with van der Waals surface area (Å²) >= 11 is 25.1. The lowest BCUT2D eigenvalue weighted by Crippen LogP contribution is -2.00. The van der Waals surface area contributed by atoms with Crippen molar-refractivity contribution in [1.29, 1.82) is 0 Å². The van der Waals surface area contributed by atoms with E-state index in [0.29, 0.717) is 29.8 Å². The van der Waals surface area contributed by atoms with Crippen LogP contribution in [0.1, 0.15) is 0 Å². The second kappa shape index (κ2) is 17.6. The minimum absolute atomic E-state index is 0.371. The fourth-order valence-corrected chi connectivity index (χ4v) is 5.41. The Bertz CT molecular complexity index is 2390. The fourth-order valence-electron chi connectivity index (χ4n) is 4.22. The zero-order valence-corrected chi connectivity index (χ0v) is 29.9. The average Bonchev–Trinajstić information content (AvgIpc) is 3.95. The monoisotopic (exact) mass is 756 g/mol. The standard InChI is InChI=1S/C8H8N4S.C8H7N3S2.C8H7N3S.C7H6N4S/c9-7-10-11-8(13)12(7)6-4-2-1-3-5-6;12-7-9-10-8(13)11(7)6-4-2-1-3-5-6;12-8-10-9-6-11(8)7-4-2-1-3-5-7;12-7-8-9-10-11(7)6-4-2-1-3-5-6/h1-5H,(H2,9,10)(H,11,13);1-5H,(H,9,12)(H,10,13);1-6H,(H,10,12);1-5H,(H,8,10,12). The second-order valence-electron chi connectivity index (χ2n) is 9.71. The van der Waals surface area contributed by atoms with Gasteiger partial charge < -0.3 is 5.73 Å². The van der Waals surface area contributed by atoms with E-state index >= 15 is 0 Å². The van der Waals surface area contributed by atoms with E-state index < -0.39 is 0 Å². The topological polar surface area (TPSA) is 176 Å². The van der Waals surface area contributed by atoms with Crippen LogP contribution >= 0.6 is 61.1 Å². The number of tetrazole rings is 1. The number of para-hydroxylation sites is 4. The molecule has 4 heterocycles. The Kier molecular flexibility index (Phi) is 12.5. The van der Waals surface area contributed by atoms with Crippen molar-refractivity contribution in [3.63, 3.8) is 0 Å². The number of aromatic nitrogens is 13. The van der Waals surface area contributed by atoms with Crippen molar-refractivity contribution in [3.8, 4) is 22.7 Å². The third-order valence-electron chi connectivity index (χ3n) is 6.48. The second-order valence-corrected chi connectivity index (χ2v) is 11.6. The molecule has 4 aromatic carbocycles. The Balaban J connectivity index is 0.000000130. The van der Waals surface area contributed by atoms with Crippen LogP contribution in [-0.4, -0.2) is 64.5 Å². The van der Waals surface area contributed by atoms with Crippen molar-refractivity contribution in [3.05, 3.63) is 152 Å². The lowest BCUT2D eigenvalue weighted by molar-refractivity contribution is 0.786. The molecule has 0 bridgehead atoms. The number of benzene rings is 4. The number of nitrogens with one attached hydrogen (secondary N) is 5. The highest BCUT2D eigenvalue weighted by Gasteiger charge is 2.02. The molecule has 0 aliphatic carbocycles. The third-order valence-corrected chi connectivity index (χ3v) is 7.88. The van der Waals surface area contributed by atoms with Gasteiger partial charge in [-0.1, -0.05) is 83.1 Å². The molecule has 14 nitrogen and oxygen atoms in total. The molecule has 0 aliphatic rings. The third kappa shape index (κ3) is 9.24. The number of rotatable bonds is 4. The van der Waals surface area contributed by atoms with Crippen LogP contribution in [0.25, 0.3) is 22.7 Å². The number of anilines is 1. The number of H-pyrrole nitrogens is 5. The van der Waals surface area contributed by atoms with Crippen LogP contribution in [0.15, 0.2) is 128 Å². The Morgan fingerprint density at radius 3 is 1.42 bits per heavy atom. The molecule has 0 unspecified atom stereocenters. The Labute approximate surface area is 309 Å². The first-order chi connectivity index (χ1) is 24.3. The summed E-state index contributed by atoms with van der Waals surface area (Å²) in [5.41, 5.74) is 9.47. The van der Waals surface area contributed by atoms with E-state index in [1.807, 2.05) is 126 Å². The number of aromatic amines is 5. The van der Waals surface area contributed by atoms with Gasteiger partial charge in [-0.25, -0.2) is 9.78 Å². The minimum Gasteiger partial charge on any atom is -0.368 e. The first-order valence-electron chi connectivity index (χ1n) is 14.5. The van der Waals surface area contributed by atoms with Crippen molar-refractivity contribution in [1.82, 2.24) is 64.5 Å². The van der Waals surface area contributed by atoms with E-state index in [1.165, 1.54) is 0 Å². The van der Waals surface area contributed by atoms with E-state index in [1.54, 1.807) is 20.1 Å². The number of nitrogens with two attached hydrogens (primary N) is 1. The van der Waals surface area contributed by atoms with Crippen LogP contribution in [0, 0.1) is 23.9 Å². The predicted octanol–water partition coefficient (Wildman–Crippen LogP) is 7.36. The molecular formula is C31H28N14S5. The Morgan fingerprint density at radius 1 is 0.520 bits per heavy atom. The maximum Gasteiger partial charge on any atom is 0.242 e. The smallest absolute Gasteiger partial charge is 0.242 e. The summed E-state index contributed by atoms with van der Waals surface area (Å²) < 4.78 is 9.60. The van der Waals surface area contributed by atoms with E-state index in [4.69, 9.17) is 66.8 Å². The molecule has 252 valence electrons. The molecule has 0 aliphatic heterocycles. The quantitative estimate of drug-likeness (QED) is 0.0996. The van der Waals surface area contributed by atoms with Gasteiger partial charge in [-0.15, -0.1) is 5.10 Å². The SMILES string of the molecule is Nc1n[nH]c(=S)n1-c1ccccc1.S=c1[nH][nH]c(=S)n1-c1ccccc1.S=c1[nH]ncn1-c1ccccc1.S=c1nn[nH]n1-c1ccccc1. The van der Waals surface area contributed by atoms with Gasteiger partial charge in [-0.05, 0) is 110 Å². The Hall–Kier alpha value is -5.73. The number of hydrogen-bond acceptors (Lipinski definition) is 10. The van der Waals surface area contributed by atoms with Crippen molar-refractivity contribution in [2.24, 2.45) is 0 Å². The highest BCUT2D eigenvalue weighted by atomic mass is 32.1. The molecule has 0 amide bonds. The molecule has 7 N–H and O–H groups in total. The summed E-state index contributed by atoms with van der Waals surface area (Å²) in [5, 5.41) is 28.5. The van der Waals surface area contributed by atoms with Gasteiger partial charge in [0.1, 0.15) is 6.33 Å². The lowest BCUT2D eigenvalue weighted by atomic mass is 10.3. The van der Waals surface area contributed by atoms with Crippen molar-refractivity contribution < 1.29 is 0 Å². The van der Waals surface area contributed by atoms with Crippen molar-refractivity contribution >= 4 is 67.0 Å². The Morgan fingerprint density at radius 2 is 1.00 bits per heavy atom. The molecular weight excluding hydrogens is 729 g/mol. The maximum atomic E-state index is 5.63. The number of nitrogens with zero attached hydrogens (tertiary/aromatic N) is 8. The van der Waals surface area contributed by atoms with Crippen LogP contribution in [0.2, 0.25) is 0 Å². The van der Waals surface area contributed by atoms with Gasteiger partial charge in [0, 0.05) is 5.69 Å². The first-order valence-corrected chi connectivity index (χ1v) is 16.5. The van der Waals surface area contributed by atoms with Crippen molar-refractivity contribution in [2.45, 2.75) is 0 Å². The van der Waals surface area contributed by atoms with Crippen LogP contribution in [0.4, 0.5) is 5.95 Å². The average molecular weight is 757 g/mol. The summed E-state index contributed by atoms with van der Waals surface area (Å²) in [7, 11) is 0. The van der Waals surface area contributed by atoms with Crippen LogP contribution in [-0.2, 0) is 0 Å². The van der Waals surface area contributed by atoms with Crippen LogP contribution < -0.4 is 5.73 Å². The number of nitrogen functional groups attached to an aromatic ring is 1. The summed E-state index contributed by atoms with van der Waals surface area (Å²) in [6, 6.07) is 38.8. The molecule has 0 saturated carbocycles. The summed E-state index contributed by atoms with van der Waals surface area (Å²) in [6.45, 7) is 0. The lowest BCUT2D eigenvalue weighted by Gasteiger charge is -2.01. The number of hydrogen-bond donors (Lipinski definition) is 6. The summed E-state index contributed by atoms with van der Waals surface area (Å²) in [4.78, 5) is 0. The van der Waals surface area contributed by atoms with Crippen molar-refractivity contribution in [2.75, 3.05) is 5.73 Å². The van der Waals surface area contributed by atoms with Gasteiger partial charge in [0.2, 0.25) is 15.5 Å². The molecule has 0 saturated heterocycles. The molecule has 19 heteroatoms. The molecule has 0 radical (unpaired) electrons. The highest BCUT2D eigenvalue weighted by Crippen LogP contribution is 2.11. The van der Waals surface area contributed by atoms with Gasteiger partial charge in [0.05, 0.1) is 17.1 Å².